The van der Waals surface area contributed by atoms with Crippen molar-refractivity contribution in [3.05, 3.63) is 0 Å². The molecule has 2 atom stereocenters. The van der Waals surface area contributed by atoms with Crippen molar-refractivity contribution >= 4 is 0 Å². The quantitative estimate of drug-likeness (QED) is 0.769. The molecule has 110 valence electrons. The van der Waals surface area contributed by atoms with E-state index in [0.29, 0.717) is 17.9 Å². The van der Waals surface area contributed by atoms with Crippen molar-refractivity contribution in [1.82, 2.24) is 10.2 Å². The SMILES string of the molecule is CC(C)CN(C)CCC1CCCC1(C#N)NC(C)C. The van der Waals surface area contributed by atoms with Gasteiger partial charge in [0.15, 0.2) is 0 Å². The Labute approximate surface area is 119 Å². The summed E-state index contributed by atoms with van der Waals surface area (Å²) in [7, 11) is 2.19. The number of nitrogens with one attached hydrogen (secondary N) is 1. The summed E-state index contributed by atoms with van der Waals surface area (Å²) in [6, 6.07) is 2.98. The third-order valence-electron chi connectivity index (χ3n) is 4.10. The summed E-state index contributed by atoms with van der Waals surface area (Å²) in [6.45, 7) is 11.0. The summed E-state index contributed by atoms with van der Waals surface area (Å²) in [5.41, 5.74) is -0.271. The topological polar surface area (TPSA) is 39.1 Å². The second kappa shape index (κ2) is 7.26. The van der Waals surface area contributed by atoms with Crippen LogP contribution in [0.25, 0.3) is 0 Å². The van der Waals surface area contributed by atoms with Crippen LogP contribution in [0.5, 0.6) is 0 Å². The van der Waals surface area contributed by atoms with E-state index in [1.165, 1.54) is 12.8 Å². The Hall–Kier alpha value is -0.590. The van der Waals surface area contributed by atoms with Crippen LogP contribution >= 0.6 is 0 Å². The van der Waals surface area contributed by atoms with E-state index in [1.54, 1.807) is 0 Å². The lowest BCUT2D eigenvalue weighted by atomic mass is 9.85. The fourth-order valence-corrected chi connectivity index (χ4v) is 3.44. The zero-order valence-electron chi connectivity index (χ0n) is 13.4. The molecule has 1 N–H and O–H groups in total. The fourth-order valence-electron chi connectivity index (χ4n) is 3.44. The summed E-state index contributed by atoms with van der Waals surface area (Å²) < 4.78 is 0. The minimum absolute atomic E-state index is 0.271. The van der Waals surface area contributed by atoms with E-state index in [0.717, 1.165) is 25.9 Å². The van der Waals surface area contributed by atoms with Crippen LogP contribution in [0, 0.1) is 23.2 Å². The highest BCUT2D eigenvalue weighted by Crippen LogP contribution is 2.38. The highest BCUT2D eigenvalue weighted by molar-refractivity contribution is 5.14. The van der Waals surface area contributed by atoms with Crippen molar-refractivity contribution in [2.24, 2.45) is 11.8 Å². The van der Waals surface area contributed by atoms with Gasteiger partial charge in [-0.2, -0.15) is 5.26 Å². The van der Waals surface area contributed by atoms with Crippen molar-refractivity contribution in [2.45, 2.75) is 65.0 Å². The summed E-state index contributed by atoms with van der Waals surface area (Å²) in [5, 5.41) is 13.2. The molecule has 0 aromatic rings. The Balaban J connectivity index is 2.54. The molecular formula is C16H31N3. The van der Waals surface area contributed by atoms with E-state index in [2.05, 4.69) is 51.0 Å². The predicted octanol–water partition coefficient (Wildman–Crippen LogP) is 3.02. The second-order valence-corrected chi connectivity index (χ2v) is 6.92. The van der Waals surface area contributed by atoms with Gasteiger partial charge in [-0.25, -0.2) is 0 Å². The van der Waals surface area contributed by atoms with Gasteiger partial charge in [-0.05, 0) is 58.5 Å². The highest BCUT2D eigenvalue weighted by atomic mass is 15.1. The van der Waals surface area contributed by atoms with E-state index in [9.17, 15) is 5.26 Å². The molecule has 0 bridgehead atoms. The number of nitriles is 1. The Morgan fingerprint density at radius 2 is 2.05 bits per heavy atom. The van der Waals surface area contributed by atoms with Gasteiger partial charge in [0, 0.05) is 12.6 Å². The molecule has 0 radical (unpaired) electrons. The van der Waals surface area contributed by atoms with E-state index < -0.39 is 0 Å². The lowest BCUT2D eigenvalue weighted by Crippen LogP contribution is -2.50. The molecule has 1 aliphatic carbocycles. The van der Waals surface area contributed by atoms with Crippen LogP contribution in [-0.4, -0.2) is 36.6 Å². The Morgan fingerprint density at radius 1 is 1.37 bits per heavy atom. The molecule has 2 unspecified atom stereocenters. The molecule has 1 aliphatic rings. The fraction of sp³-hybridized carbons (Fsp3) is 0.938. The average molecular weight is 265 g/mol. The van der Waals surface area contributed by atoms with Crippen molar-refractivity contribution in [3.8, 4) is 6.07 Å². The summed E-state index contributed by atoms with van der Waals surface area (Å²) >= 11 is 0. The molecule has 0 aromatic heterocycles. The van der Waals surface area contributed by atoms with Crippen LogP contribution in [0.2, 0.25) is 0 Å². The largest absolute Gasteiger partial charge is 0.306 e. The van der Waals surface area contributed by atoms with Crippen molar-refractivity contribution in [3.63, 3.8) is 0 Å². The van der Waals surface area contributed by atoms with Crippen LogP contribution in [0.1, 0.15) is 53.4 Å². The van der Waals surface area contributed by atoms with Gasteiger partial charge in [-0.15, -0.1) is 0 Å². The number of hydrogen-bond donors (Lipinski definition) is 1. The predicted molar refractivity (Wildman–Crippen MR) is 80.9 cm³/mol. The first-order valence-electron chi connectivity index (χ1n) is 7.77. The van der Waals surface area contributed by atoms with Crippen molar-refractivity contribution < 1.29 is 0 Å². The molecular weight excluding hydrogens is 234 g/mol. The first kappa shape index (κ1) is 16.5. The minimum atomic E-state index is -0.271. The average Bonchev–Trinajstić information content (AvgIpc) is 2.68. The number of hydrogen-bond acceptors (Lipinski definition) is 3. The van der Waals surface area contributed by atoms with Crippen LogP contribution in [-0.2, 0) is 0 Å². The summed E-state index contributed by atoms with van der Waals surface area (Å²) in [5.74, 6) is 1.22. The minimum Gasteiger partial charge on any atom is -0.306 e. The Morgan fingerprint density at radius 3 is 2.58 bits per heavy atom. The van der Waals surface area contributed by atoms with Gasteiger partial charge in [0.25, 0.3) is 0 Å². The molecule has 0 amide bonds. The monoisotopic (exact) mass is 265 g/mol. The Bertz CT molecular complexity index is 306. The first-order valence-corrected chi connectivity index (χ1v) is 7.77. The van der Waals surface area contributed by atoms with Gasteiger partial charge < -0.3 is 4.90 Å². The van der Waals surface area contributed by atoms with Gasteiger partial charge in [0.05, 0.1) is 6.07 Å². The van der Waals surface area contributed by atoms with Gasteiger partial charge in [-0.3, -0.25) is 5.32 Å². The van der Waals surface area contributed by atoms with Crippen LogP contribution in [0.15, 0.2) is 0 Å². The lowest BCUT2D eigenvalue weighted by molar-refractivity contribution is 0.228. The van der Waals surface area contributed by atoms with Crippen LogP contribution < -0.4 is 5.32 Å². The molecule has 1 fully saturated rings. The van der Waals surface area contributed by atoms with E-state index in [-0.39, 0.29) is 5.54 Å². The molecule has 19 heavy (non-hydrogen) atoms. The molecule has 1 saturated carbocycles. The van der Waals surface area contributed by atoms with Gasteiger partial charge in [0.2, 0.25) is 0 Å². The third kappa shape index (κ3) is 4.78. The number of rotatable bonds is 7. The second-order valence-electron chi connectivity index (χ2n) is 6.92. The highest BCUT2D eigenvalue weighted by Gasteiger charge is 2.43. The van der Waals surface area contributed by atoms with Gasteiger partial charge in [-0.1, -0.05) is 20.3 Å². The number of nitrogens with zero attached hydrogens (tertiary/aromatic N) is 2. The maximum atomic E-state index is 9.62. The summed E-state index contributed by atoms with van der Waals surface area (Å²) in [4.78, 5) is 2.40. The zero-order chi connectivity index (χ0) is 14.5. The summed E-state index contributed by atoms with van der Waals surface area (Å²) in [6.07, 6.45) is 4.53. The molecule has 3 nitrogen and oxygen atoms in total. The molecule has 3 heteroatoms. The smallest absolute Gasteiger partial charge is 0.109 e. The van der Waals surface area contributed by atoms with Crippen molar-refractivity contribution in [1.29, 1.82) is 5.26 Å². The van der Waals surface area contributed by atoms with Crippen molar-refractivity contribution in [2.75, 3.05) is 20.1 Å². The molecule has 0 heterocycles. The Kier molecular flexibility index (Phi) is 6.29. The van der Waals surface area contributed by atoms with Crippen LogP contribution in [0.4, 0.5) is 0 Å². The van der Waals surface area contributed by atoms with Gasteiger partial charge >= 0.3 is 0 Å². The van der Waals surface area contributed by atoms with E-state index >= 15 is 0 Å². The third-order valence-corrected chi connectivity index (χ3v) is 4.10. The molecule has 1 rings (SSSR count). The van der Waals surface area contributed by atoms with E-state index in [4.69, 9.17) is 0 Å². The standard InChI is InChI=1S/C16H31N3/c1-13(2)11-19(5)10-8-15-7-6-9-16(15,12-17)18-14(3)4/h13-15,18H,6-11H2,1-5H3. The van der Waals surface area contributed by atoms with Gasteiger partial charge in [0.1, 0.15) is 5.54 Å². The first-order chi connectivity index (χ1) is 8.89. The van der Waals surface area contributed by atoms with Crippen LogP contribution in [0.3, 0.4) is 0 Å². The maximum Gasteiger partial charge on any atom is 0.109 e. The molecule has 0 aromatic carbocycles. The normalized spacial score (nSPS) is 27.4. The van der Waals surface area contributed by atoms with E-state index in [1.807, 2.05) is 0 Å². The zero-order valence-corrected chi connectivity index (χ0v) is 13.4. The molecule has 0 saturated heterocycles. The molecule has 0 spiro atoms. The molecule has 0 aliphatic heterocycles. The lowest BCUT2D eigenvalue weighted by Gasteiger charge is -2.33. The maximum absolute atomic E-state index is 9.62.